The minimum atomic E-state index is -0.663. The highest BCUT2D eigenvalue weighted by Gasteiger charge is 2.17. The molecule has 8 heteroatoms. The average molecular weight is 371 g/mol. The lowest BCUT2D eigenvalue weighted by Crippen LogP contribution is -2.41. The van der Waals surface area contributed by atoms with E-state index in [0.717, 1.165) is 0 Å². The molecule has 2 rings (SSSR count). The monoisotopic (exact) mass is 371 g/mol. The van der Waals surface area contributed by atoms with Gasteiger partial charge in [0.25, 0.3) is 11.8 Å². The first-order valence-electron chi connectivity index (χ1n) is 8.37. The van der Waals surface area contributed by atoms with Crippen LogP contribution in [0, 0.1) is 0 Å². The van der Waals surface area contributed by atoms with Crippen molar-refractivity contribution in [2.45, 2.75) is 18.9 Å². The molecule has 0 aromatic heterocycles. The normalized spacial score (nSPS) is 11.3. The first kappa shape index (κ1) is 20.1. The van der Waals surface area contributed by atoms with Crippen molar-refractivity contribution in [3.63, 3.8) is 0 Å². The minimum absolute atomic E-state index is 0.0479. The lowest BCUT2D eigenvalue weighted by atomic mass is 10.0. The Bertz CT molecular complexity index is 778. The molecule has 0 spiro atoms. The van der Waals surface area contributed by atoms with Gasteiger partial charge in [-0.3, -0.25) is 20.1 Å². The largest absolute Gasteiger partial charge is 0.396 e. The fourth-order valence-corrected chi connectivity index (χ4v) is 2.51. The fourth-order valence-electron chi connectivity index (χ4n) is 2.51. The molecule has 2 aromatic rings. The van der Waals surface area contributed by atoms with Gasteiger partial charge in [-0.25, -0.2) is 10.3 Å². The van der Waals surface area contributed by atoms with Gasteiger partial charge in [0.15, 0.2) is 0 Å². The maximum absolute atomic E-state index is 12.2. The second kappa shape index (κ2) is 10.0. The van der Waals surface area contributed by atoms with Gasteiger partial charge in [0.2, 0.25) is 0 Å². The van der Waals surface area contributed by atoms with E-state index in [-0.39, 0.29) is 12.2 Å². The van der Waals surface area contributed by atoms with Crippen molar-refractivity contribution in [2.24, 2.45) is 0 Å². The molecule has 142 valence electrons. The summed E-state index contributed by atoms with van der Waals surface area (Å²) in [5.41, 5.74) is 2.85. The number of benzene rings is 2. The van der Waals surface area contributed by atoms with Crippen LogP contribution in [0.15, 0.2) is 54.6 Å². The predicted octanol–water partition coefficient (Wildman–Crippen LogP) is 1.76. The van der Waals surface area contributed by atoms with Crippen LogP contribution in [0.2, 0.25) is 0 Å². The van der Waals surface area contributed by atoms with Crippen molar-refractivity contribution in [1.82, 2.24) is 16.1 Å². The smallest absolute Gasteiger partial charge is 0.322 e. The van der Waals surface area contributed by atoms with Crippen LogP contribution in [0.1, 0.15) is 45.2 Å². The van der Waals surface area contributed by atoms with Gasteiger partial charge in [0.05, 0.1) is 6.04 Å². The Morgan fingerprint density at radius 3 is 2.11 bits per heavy atom. The predicted molar refractivity (Wildman–Crippen MR) is 97.2 cm³/mol. The molecule has 0 fully saturated rings. The lowest BCUT2D eigenvalue weighted by Gasteiger charge is -2.19. The molecule has 0 heterocycles. The molecular formula is C19H21N3O5. The van der Waals surface area contributed by atoms with Gasteiger partial charge in [0, 0.05) is 17.7 Å². The zero-order valence-electron chi connectivity index (χ0n) is 14.5. The van der Waals surface area contributed by atoms with Crippen molar-refractivity contribution in [1.29, 1.82) is 0 Å². The molecule has 5 N–H and O–H groups in total. The van der Waals surface area contributed by atoms with Gasteiger partial charge in [0.1, 0.15) is 0 Å². The number of aliphatic hydroxyl groups excluding tert-OH is 1. The number of amides is 4. The summed E-state index contributed by atoms with van der Waals surface area (Å²) in [5, 5.41) is 22.7. The van der Waals surface area contributed by atoms with Crippen LogP contribution >= 0.6 is 0 Å². The number of carbonyl (C=O) groups excluding carboxylic acids is 3. The Balaban J connectivity index is 2.06. The summed E-state index contributed by atoms with van der Waals surface area (Å²) in [6, 6.07) is 13.5. The summed E-state index contributed by atoms with van der Waals surface area (Å²) in [5.74, 6) is -1.17. The first-order valence-corrected chi connectivity index (χ1v) is 8.37. The van der Waals surface area contributed by atoms with Crippen molar-refractivity contribution < 1.29 is 24.7 Å². The van der Waals surface area contributed by atoms with Crippen LogP contribution in [0.25, 0.3) is 0 Å². The Hall–Kier alpha value is -3.23. The van der Waals surface area contributed by atoms with Crippen LogP contribution in [0.4, 0.5) is 4.79 Å². The molecule has 4 amide bonds. The molecule has 8 nitrogen and oxygen atoms in total. The number of hydrogen-bond acceptors (Lipinski definition) is 5. The van der Waals surface area contributed by atoms with Crippen molar-refractivity contribution >= 4 is 17.8 Å². The van der Waals surface area contributed by atoms with Gasteiger partial charge in [-0.2, -0.15) is 0 Å². The van der Waals surface area contributed by atoms with E-state index in [1.54, 1.807) is 47.9 Å². The standard InChI is InChI=1S/C19H21N3O5/c23-12-4-7-16(13-8-10-15(11-9-13)18(25)22-27)20-19(26)21-17(24)14-5-2-1-3-6-14/h1-3,5-6,8-11,16,23,27H,4,7,12H2,(H,22,25)(H2,20,21,24,26). The fraction of sp³-hybridized carbons (Fsp3) is 0.211. The van der Waals surface area contributed by atoms with Crippen LogP contribution in [0.3, 0.4) is 0 Å². The SMILES string of the molecule is O=C(NC(=O)c1ccccc1)NC(CCCO)c1ccc(C(=O)NO)cc1. The third kappa shape index (κ3) is 5.91. The van der Waals surface area contributed by atoms with Gasteiger partial charge >= 0.3 is 6.03 Å². The molecule has 0 saturated carbocycles. The van der Waals surface area contributed by atoms with Crippen LogP contribution < -0.4 is 16.1 Å². The summed E-state index contributed by atoms with van der Waals surface area (Å²) in [6.45, 7) is -0.0479. The topological polar surface area (TPSA) is 128 Å². The number of nitrogens with one attached hydrogen (secondary N) is 3. The molecule has 27 heavy (non-hydrogen) atoms. The van der Waals surface area contributed by atoms with E-state index in [2.05, 4.69) is 10.6 Å². The number of hydrogen-bond donors (Lipinski definition) is 5. The molecule has 0 bridgehead atoms. The van der Waals surface area contributed by atoms with Crippen molar-refractivity contribution in [3.05, 3.63) is 71.3 Å². The molecule has 0 saturated heterocycles. The van der Waals surface area contributed by atoms with E-state index in [9.17, 15) is 14.4 Å². The van der Waals surface area contributed by atoms with Gasteiger partial charge in [-0.15, -0.1) is 0 Å². The molecule has 0 radical (unpaired) electrons. The highest BCUT2D eigenvalue weighted by molar-refractivity contribution is 6.04. The Labute approximate surface area is 156 Å². The second-order valence-electron chi connectivity index (χ2n) is 5.77. The Kier molecular flexibility index (Phi) is 7.48. The zero-order chi connectivity index (χ0) is 19.6. The maximum atomic E-state index is 12.2. The summed E-state index contributed by atoms with van der Waals surface area (Å²) >= 11 is 0. The number of hydroxylamine groups is 1. The lowest BCUT2D eigenvalue weighted by molar-refractivity contribution is 0.0706. The summed E-state index contributed by atoms with van der Waals surface area (Å²) < 4.78 is 0. The highest BCUT2D eigenvalue weighted by Crippen LogP contribution is 2.19. The van der Waals surface area contributed by atoms with Gasteiger partial charge in [-0.05, 0) is 42.7 Å². The molecule has 2 aromatic carbocycles. The van der Waals surface area contributed by atoms with E-state index in [0.29, 0.717) is 24.0 Å². The second-order valence-corrected chi connectivity index (χ2v) is 5.77. The van der Waals surface area contributed by atoms with E-state index in [4.69, 9.17) is 10.3 Å². The molecule has 0 aliphatic heterocycles. The Morgan fingerprint density at radius 1 is 0.889 bits per heavy atom. The van der Waals surface area contributed by atoms with E-state index < -0.39 is 23.9 Å². The number of imide groups is 1. The first-order chi connectivity index (χ1) is 13.0. The molecule has 1 unspecified atom stereocenters. The van der Waals surface area contributed by atoms with E-state index in [1.807, 2.05) is 0 Å². The zero-order valence-corrected chi connectivity index (χ0v) is 14.5. The minimum Gasteiger partial charge on any atom is -0.396 e. The Morgan fingerprint density at radius 2 is 1.52 bits per heavy atom. The maximum Gasteiger partial charge on any atom is 0.322 e. The number of carbonyl (C=O) groups is 3. The third-order valence-corrected chi connectivity index (χ3v) is 3.90. The van der Waals surface area contributed by atoms with Gasteiger partial charge in [-0.1, -0.05) is 30.3 Å². The molecular weight excluding hydrogens is 350 g/mol. The van der Waals surface area contributed by atoms with Crippen LogP contribution in [-0.4, -0.2) is 34.8 Å². The van der Waals surface area contributed by atoms with Crippen LogP contribution in [-0.2, 0) is 0 Å². The van der Waals surface area contributed by atoms with Gasteiger partial charge < -0.3 is 10.4 Å². The molecule has 1 atom stereocenters. The summed E-state index contributed by atoms with van der Waals surface area (Å²) in [7, 11) is 0. The number of aliphatic hydroxyl groups is 1. The number of rotatable bonds is 7. The third-order valence-electron chi connectivity index (χ3n) is 3.90. The summed E-state index contributed by atoms with van der Waals surface area (Å²) in [4.78, 5) is 35.6. The van der Waals surface area contributed by atoms with E-state index >= 15 is 0 Å². The highest BCUT2D eigenvalue weighted by atomic mass is 16.5. The van der Waals surface area contributed by atoms with Crippen molar-refractivity contribution in [2.75, 3.05) is 6.61 Å². The molecule has 0 aliphatic carbocycles. The van der Waals surface area contributed by atoms with Crippen molar-refractivity contribution in [3.8, 4) is 0 Å². The average Bonchev–Trinajstić information content (AvgIpc) is 2.71. The summed E-state index contributed by atoms with van der Waals surface area (Å²) in [6.07, 6.45) is 0.880. The van der Waals surface area contributed by atoms with Crippen LogP contribution in [0.5, 0.6) is 0 Å². The van der Waals surface area contributed by atoms with E-state index in [1.165, 1.54) is 12.1 Å². The quantitative estimate of drug-likeness (QED) is 0.374. The number of urea groups is 1. The molecule has 0 aliphatic rings.